The summed E-state index contributed by atoms with van der Waals surface area (Å²) in [7, 11) is 1.49. The fourth-order valence-corrected chi connectivity index (χ4v) is 2.95. The van der Waals surface area contributed by atoms with Crippen molar-refractivity contribution >= 4 is 17.6 Å². The van der Waals surface area contributed by atoms with Gasteiger partial charge in [-0.2, -0.15) is 0 Å². The molecule has 2 amide bonds. The van der Waals surface area contributed by atoms with Gasteiger partial charge in [0.25, 0.3) is 0 Å². The molecule has 6 nitrogen and oxygen atoms in total. The molecular formula is C13H15FN4O2. The molecule has 0 N–H and O–H groups in total. The van der Waals surface area contributed by atoms with Crippen LogP contribution in [-0.4, -0.2) is 46.8 Å². The van der Waals surface area contributed by atoms with E-state index < -0.39 is 5.82 Å². The van der Waals surface area contributed by atoms with Crippen molar-refractivity contribution in [3.63, 3.8) is 0 Å². The van der Waals surface area contributed by atoms with Crippen LogP contribution in [0.1, 0.15) is 12.6 Å². The Labute approximate surface area is 115 Å². The molecule has 0 radical (unpaired) electrons. The van der Waals surface area contributed by atoms with E-state index in [1.165, 1.54) is 18.3 Å². The van der Waals surface area contributed by atoms with E-state index in [4.69, 9.17) is 0 Å². The number of halogens is 1. The Morgan fingerprint density at radius 2 is 1.85 bits per heavy atom. The van der Waals surface area contributed by atoms with Gasteiger partial charge in [-0.1, -0.05) is 6.92 Å². The minimum atomic E-state index is -0.455. The normalized spacial score (nSPS) is 25.6. The van der Waals surface area contributed by atoms with Gasteiger partial charge in [0.1, 0.15) is 6.33 Å². The Kier molecular flexibility index (Phi) is 2.92. The van der Waals surface area contributed by atoms with E-state index >= 15 is 0 Å². The van der Waals surface area contributed by atoms with Crippen molar-refractivity contribution in [1.82, 2.24) is 14.9 Å². The summed E-state index contributed by atoms with van der Waals surface area (Å²) in [5.41, 5.74) is 0.349. The predicted octanol–water partition coefficient (Wildman–Crippen LogP) is 0.229. The number of nitrogens with zero attached hydrogens (tertiary/aromatic N) is 4. The molecule has 20 heavy (non-hydrogen) atoms. The number of carbonyl (C=O) groups excluding carboxylic acids is 2. The quantitative estimate of drug-likeness (QED) is 0.724. The highest BCUT2D eigenvalue weighted by atomic mass is 19.1. The molecule has 0 saturated carbocycles. The Morgan fingerprint density at radius 3 is 2.40 bits per heavy atom. The first kappa shape index (κ1) is 13.0. The number of carbonyl (C=O) groups is 2. The van der Waals surface area contributed by atoms with Gasteiger partial charge < -0.3 is 4.90 Å². The van der Waals surface area contributed by atoms with E-state index in [1.807, 2.05) is 6.92 Å². The van der Waals surface area contributed by atoms with Crippen LogP contribution in [0.4, 0.5) is 10.2 Å². The summed E-state index contributed by atoms with van der Waals surface area (Å²) in [6.45, 7) is 2.48. The molecule has 106 valence electrons. The number of amides is 2. The van der Waals surface area contributed by atoms with Gasteiger partial charge in [-0.05, 0) is 6.42 Å². The average Bonchev–Trinajstić information content (AvgIpc) is 2.96. The lowest BCUT2D eigenvalue weighted by Crippen LogP contribution is -2.34. The topological polar surface area (TPSA) is 66.4 Å². The van der Waals surface area contributed by atoms with Crippen LogP contribution in [0.2, 0.25) is 0 Å². The molecule has 2 unspecified atom stereocenters. The third kappa shape index (κ3) is 1.69. The zero-order chi connectivity index (χ0) is 14.4. The van der Waals surface area contributed by atoms with Crippen LogP contribution in [0.5, 0.6) is 0 Å². The van der Waals surface area contributed by atoms with E-state index in [0.29, 0.717) is 25.2 Å². The van der Waals surface area contributed by atoms with E-state index in [0.717, 1.165) is 0 Å². The zero-order valence-electron chi connectivity index (χ0n) is 11.3. The SMILES string of the molecule is CCc1ncnc(N2CC3C(=O)N(C)C(=O)C3C2)c1F. The number of aromatic nitrogens is 2. The minimum absolute atomic E-state index is 0.187. The largest absolute Gasteiger partial charge is 0.352 e. The van der Waals surface area contributed by atoms with Crippen molar-refractivity contribution in [3.8, 4) is 0 Å². The lowest BCUT2D eigenvalue weighted by atomic mass is 10.00. The molecule has 2 aliphatic heterocycles. The standard InChI is InChI=1S/C13H15FN4O2/c1-3-9-10(14)11(16-6-15-9)18-4-7-8(5-18)13(20)17(2)12(7)19/h6-8H,3-5H2,1-2H3. The van der Waals surface area contributed by atoms with Gasteiger partial charge in [0.2, 0.25) is 11.8 Å². The molecular weight excluding hydrogens is 263 g/mol. The Balaban J connectivity index is 1.89. The number of imide groups is 1. The van der Waals surface area contributed by atoms with Crippen molar-refractivity contribution < 1.29 is 14.0 Å². The number of hydrogen-bond donors (Lipinski definition) is 0. The molecule has 2 aliphatic rings. The predicted molar refractivity (Wildman–Crippen MR) is 68.3 cm³/mol. The summed E-state index contributed by atoms with van der Waals surface area (Å²) in [6.07, 6.45) is 1.80. The van der Waals surface area contributed by atoms with E-state index in [1.54, 1.807) is 4.90 Å². The first-order chi connectivity index (χ1) is 9.54. The number of aryl methyl sites for hydroxylation is 1. The summed E-state index contributed by atoms with van der Waals surface area (Å²) in [5.74, 6) is -1.41. The number of likely N-dealkylation sites (tertiary alicyclic amines) is 1. The van der Waals surface area contributed by atoms with Crippen molar-refractivity contribution in [3.05, 3.63) is 17.8 Å². The van der Waals surface area contributed by atoms with Crippen LogP contribution < -0.4 is 4.90 Å². The molecule has 1 aromatic rings. The molecule has 0 aromatic carbocycles. The third-order valence-electron chi connectivity index (χ3n) is 4.09. The van der Waals surface area contributed by atoms with E-state index in [2.05, 4.69) is 9.97 Å². The minimum Gasteiger partial charge on any atom is -0.352 e. The van der Waals surface area contributed by atoms with Crippen LogP contribution >= 0.6 is 0 Å². The number of fused-ring (bicyclic) bond motifs is 1. The Hall–Kier alpha value is -2.05. The van der Waals surface area contributed by atoms with Gasteiger partial charge in [-0.25, -0.2) is 14.4 Å². The average molecular weight is 278 g/mol. The van der Waals surface area contributed by atoms with Gasteiger partial charge in [0, 0.05) is 20.1 Å². The molecule has 2 atom stereocenters. The van der Waals surface area contributed by atoms with Crippen molar-refractivity contribution in [2.45, 2.75) is 13.3 Å². The van der Waals surface area contributed by atoms with Crippen LogP contribution in [0.15, 0.2) is 6.33 Å². The third-order valence-corrected chi connectivity index (χ3v) is 4.09. The number of rotatable bonds is 2. The Morgan fingerprint density at radius 1 is 1.25 bits per heavy atom. The lowest BCUT2D eigenvalue weighted by molar-refractivity contribution is -0.138. The second-order valence-corrected chi connectivity index (χ2v) is 5.16. The summed E-state index contributed by atoms with van der Waals surface area (Å²) in [6, 6.07) is 0. The maximum Gasteiger partial charge on any atom is 0.234 e. The highest BCUT2D eigenvalue weighted by molar-refractivity contribution is 6.06. The molecule has 0 bridgehead atoms. The molecule has 0 spiro atoms. The second kappa shape index (κ2) is 4.50. The van der Waals surface area contributed by atoms with Crippen molar-refractivity contribution in [1.29, 1.82) is 0 Å². The highest BCUT2D eigenvalue weighted by Gasteiger charge is 2.51. The number of hydrogen-bond acceptors (Lipinski definition) is 5. The molecule has 2 saturated heterocycles. The summed E-state index contributed by atoms with van der Waals surface area (Å²) < 4.78 is 14.2. The van der Waals surface area contributed by atoms with Crippen LogP contribution in [0.25, 0.3) is 0 Å². The fraction of sp³-hybridized carbons (Fsp3) is 0.538. The summed E-state index contributed by atoms with van der Waals surface area (Å²) in [4.78, 5) is 34.6. The van der Waals surface area contributed by atoms with Crippen molar-refractivity contribution in [2.24, 2.45) is 11.8 Å². The molecule has 0 aliphatic carbocycles. The molecule has 7 heteroatoms. The van der Waals surface area contributed by atoms with Crippen LogP contribution in [0.3, 0.4) is 0 Å². The van der Waals surface area contributed by atoms with Crippen LogP contribution in [0, 0.1) is 17.7 Å². The molecule has 3 heterocycles. The van der Waals surface area contributed by atoms with Gasteiger partial charge >= 0.3 is 0 Å². The van der Waals surface area contributed by atoms with Gasteiger partial charge in [-0.3, -0.25) is 14.5 Å². The van der Waals surface area contributed by atoms with E-state index in [-0.39, 0.29) is 29.5 Å². The highest BCUT2D eigenvalue weighted by Crippen LogP contribution is 2.35. The first-order valence-corrected chi connectivity index (χ1v) is 6.60. The smallest absolute Gasteiger partial charge is 0.234 e. The molecule has 3 rings (SSSR count). The van der Waals surface area contributed by atoms with Gasteiger partial charge in [0.15, 0.2) is 11.6 Å². The monoisotopic (exact) mass is 278 g/mol. The second-order valence-electron chi connectivity index (χ2n) is 5.16. The first-order valence-electron chi connectivity index (χ1n) is 6.60. The zero-order valence-corrected chi connectivity index (χ0v) is 11.3. The maximum absolute atomic E-state index is 14.2. The molecule has 1 aromatic heterocycles. The molecule has 2 fully saturated rings. The van der Waals surface area contributed by atoms with Crippen molar-refractivity contribution in [2.75, 3.05) is 25.0 Å². The Bertz CT molecular complexity index is 568. The van der Waals surface area contributed by atoms with Crippen LogP contribution in [-0.2, 0) is 16.0 Å². The summed E-state index contributed by atoms with van der Waals surface area (Å²) in [5, 5.41) is 0. The maximum atomic E-state index is 14.2. The summed E-state index contributed by atoms with van der Waals surface area (Å²) >= 11 is 0. The van der Waals surface area contributed by atoms with Gasteiger partial charge in [-0.15, -0.1) is 0 Å². The lowest BCUT2D eigenvalue weighted by Gasteiger charge is -2.20. The number of anilines is 1. The van der Waals surface area contributed by atoms with E-state index in [9.17, 15) is 14.0 Å². The fourth-order valence-electron chi connectivity index (χ4n) is 2.95. The van der Waals surface area contributed by atoms with Gasteiger partial charge in [0.05, 0.1) is 17.5 Å².